The minimum atomic E-state index is -1.11. The molecule has 1 aromatic rings. The van der Waals surface area contributed by atoms with Crippen LogP contribution in [0.15, 0.2) is 4.52 Å². The molecular formula is C15H29N7O6. The number of nitrogens with one attached hydrogen (secondary N) is 3. The van der Waals surface area contributed by atoms with Crippen molar-refractivity contribution in [3.05, 3.63) is 11.7 Å². The van der Waals surface area contributed by atoms with E-state index in [2.05, 4.69) is 31.8 Å². The van der Waals surface area contributed by atoms with Crippen LogP contribution in [0.25, 0.3) is 0 Å². The Kier molecular flexibility index (Phi) is 12.9. The van der Waals surface area contributed by atoms with Gasteiger partial charge in [0.1, 0.15) is 6.04 Å². The SMILES string of the molecule is CC(N)=O.CNC(CO)c1noc(CNC(=O)N[C@@H](CCCCN)C(=O)O)n1. The largest absolute Gasteiger partial charge is 0.480 e. The third kappa shape index (κ3) is 11.1. The van der Waals surface area contributed by atoms with E-state index in [1.807, 2.05) is 0 Å². The van der Waals surface area contributed by atoms with E-state index in [-0.39, 0.29) is 30.8 Å². The Bertz CT molecular complexity index is 601. The number of carbonyl (C=O) groups is 3. The zero-order chi connectivity index (χ0) is 21.5. The second-order valence-electron chi connectivity index (χ2n) is 5.68. The van der Waals surface area contributed by atoms with Gasteiger partial charge in [0, 0.05) is 6.92 Å². The highest BCUT2D eigenvalue weighted by Gasteiger charge is 2.20. The molecule has 0 radical (unpaired) electrons. The summed E-state index contributed by atoms with van der Waals surface area (Å²) in [4.78, 5) is 36.1. The Morgan fingerprint density at radius 1 is 1.29 bits per heavy atom. The molecule has 0 saturated heterocycles. The van der Waals surface area contributed by atoms with E-state index in [0.29, 0.717) is 25.8 Å². The summed E-state index contributed by atoms with van der Waals surface area (Å²) in [5, 5.41) is 29.5. The van der Waals surface area contributed by atoms with Crippen LogP contribution in [0.4, 0.5) is 4.79 Å². The number of nitrogens with zero attached hydrogens (tertiary/aromatic N) is 2. The molecule has 0 bridgehead atoms. The maximum Gasteiger partial charge on any atom is 0.326 e. The molecule has 0 aliphatic rings. The van der Waals surface area contributed by atoms with Crippen LogP contribution in [0.5, 0.6) is 0 Å². The molecular weight excluding hydrogens is 374 g/mol. The summed E-state index contributed by atoms with van der Waals surface area (Å²) < 4.78 is 4.95. The smallest absolute Gasteiger partial charge is 0.326 e. The van der Waals surface area contributed by atoms with Crippen LogP contribution in [-0.4, -0.2) is 64.5 Å². The molecule has 1 rings (SSSR count). The van der Waals surface area contributed by atoms with Crippen LogP contribution >= 0.6 is 0 Å². The minimum absolute atomic E-state index is 0.0597. The number of hydrogen-bond donors (Lipinski definition) is 7. The molecule has 0 saturated carbocycles. The Labute approximate surface area is 162 Å². The molecule has 28 heavy (non-hydrogen) atoms. The normalized spacial score (nSPS) is 12.3. The first kappa shape index (κ1) is 25.2. The van der Waals surface area contributed by atoms with Gasteiger partial charge in [-0.1, -0.05) is 5.16 Å². The summed E-state index contributed by atoms with van der Waals surface area (Å²) in [7, 11) is 1.64. The van der Waals surface area contributed by atoms with Gasteiger partial charge in [-0.3, -0.25) is 4.79 Å². The number of urea groups is 1. The number of primary amides is 1. The lowest BCUT2D eigenvalue weighted by Gasteiger charge is -2.14. The molecule has 160 valence electrons. The van der Waals surface area contributed by atoms with E-state index in [1.165, 1.54) is 6.92 Å². The fourth-order valence-corrected chi connectivity index (χ4v) is 1.90. The fraction of sp³-hybridized carbons (Fsp3) is 0.667. The highest BCUT2D eigenvalue weighted by Crippen LogP contribution is 2.07. The monoisotopic (exact) mass is 403 g/mol. The van der Waals surface area contributed by atoms with E-state index in [0.717, 1.165) is 0 Å². The molecule has 0 spiro atoms. The first-order valence-corrected chi connectivity index (χ1v) is 8.58. The van der Waals surface area contributed by atoms with Gasteiger partial charge in [0.25, 0.3) is 0 Å². The van der Waals surface area contributed by atoms with Crippen molar-refractivity contribution >= 4 is 17.9 Å². The molecule has 0 fully saturated rings. The van der Waals surface area contributed by atoms with Crippen LogP contribution in [-0.2, 0) is 16.1 Å². The highest BCUT2D eigenvalue weighted by atomic mass is 16.5. The topological polar surface area (TPSA) is 219 Å². The lowest BCUT2D eigenvalue weighted by molar-refractivity contribution is -0.139. The number of rotatable bonds is 11. The number of likely N-dealkylation sites (N-methyl/N-ethyl adjacent to an activating group) is 1. The number of carboxylic acids is 1. The third-order valence-corrected chi connectivity index (χ3v) is 3.28. The van der Waals surface area contributed by atoms with Crippen molar-refractivity contribution in [2.75, 3.05) is 20.2 Å². The van der Waals surface area contributed by atoms with Crippen molar-refractivity contribution in [1.29, 1.82) is 0 Å². The second-order valence-corrected chi connectivity index (χ2v) is 5.68. The fourth-order valence-electron chi connectivity index (χ4n) is 1.90. The first-order valence-electron chi connectivity index (χ1n) is 8.58. The Balaban J connectivity index is 0.00000165. The van der Waals surface area contributed by atoms with Crippen LogP contribution in [0.1, 0.15) is 43.9 Å². The van der Waals surface area contributed by atoms with Crippen LogP contribution in [0.3, 0.4) is 0 Å². The van der Waals surface area contributed by atoms with Crippen molar-refractivity contribution in [3.63, 3.8) is 0 Å². The standard InChI is InChI=1S/C13H24N6O5.C2H5NO/c1-15-9(7-20)11-18-10(24-19-11)6-16-13(23)17-8(12(21)22)4-2-3-5-14;1-2(3)4/h8-9,15,20H,2-7,14H2,1H3,(H,21,22)(H2,16,17,23);1H3,(H2,3,4)/t8-,9?;/m0./s1. The lowest BCUT2D eigenvalue weighted by Crippen LogP contribution is -2.45. The predicted molar refractivity (Wildman–Crippen MR) is 97.8 cm³/mol. The molecule has 9 N–H and O–H groups in total. The summed E-state index contributed by atoms with van der Waals surface area (Å²) >= 11 is 0. The van der Waals surface area contributed by atoms with Gasteiger partial charge in [0.15, 0.2) is 5.82 Å². The number of carbonyl (C=O) groups excluding carboxylic acids is 2. The summed E-state index contributed by atoms with van der Waals surface area (Å²) in [5.74, 6) is -1.03. The second kappa shape index (κ2) is 14.3. The van der Waals surface area contributed by atoms with Crippen LogP contribution < -0.4 is 27.4 Å². The number of hydrogen-bond acceptors (Lipinski definition) is 9. The molecule has 1 aromatic heterocycles. The molecule has 2 atom stereocenters. The number of aliphatic hydroxyl groups excluding tert-OH is 1. The number of amides is 3. The van der Waals surface area contributed by atoms with Gasteiger partial charge >= 0.3 is 12.0 Å². The molecule has 0 aliphatic heterocycles. The Morgan fingerprint density at radius 2 is 1.93 bits per heavy atom. The third-order valence-electron chi connectivity index (χ3n) is 3.28. The molecule has 13 nitrogen and oxygen atoms in total. The summed E-state index contributed by atoms with van der Waals surface area (Å²) in [6.45, 7) is 1.52. The summed E-state index contributed by atoms with van der Waals surface area (Å²) in [6.07, 6.45) is 1.59. The van der Waals surface area contributed by atoms with Gasteiger partial charge in [-0.25, -0.2) is 9.59 Å². The first-order chi connectivity index (χ1) is 13.2. The molecule has 0 aliphatic carbocycles. The van der Waals surface area contributed by atoms with Crippen molar-refractivity contribution in [3.8, 4) is 0 Å². The van der Waals surface area contributed by atoms with E-state index < -0.39 is 24.1 Å². The number of aromatic nitrogens is 2. The van der Waals surface area contributed by atoms with Gasteiger partial charge in [-0.2, -0.15) is 4.98 Å². The predicted octanol–water partition coefficient (Wildman–Crippen LogP) is -1.80. The van der Waals surface area contributed by atoms with Crippen molar-refractivity contribution in [2.45, 2.75) is 44.8 Å². The maximum absolute atomic E-state index is 11.8. The number of carboxylic acid groups (broad SMARTS) is 1. The average Bonchev–Trinajstić information content (AvgIpc) is 3.08. The van der Waals surface area contributed by atoms with Gasteiger partial charge < -0.3 is 42.2 Å². The van der Waals surface area contributed by atoms with Gasteiger partial charge in [-0.05, 0) is 32.9 Å². The highest BCUT2D eigenvalue weighted by molar-refractivity contribution is 5.82. The average molecular weight is 403 g/mol. The van der Waals surface area contributed by atoms with Crippen LogP contribution in [0, 0.1) is 0 Å². The number of unbranched alkanes of at least 4 members (excludes halogenated alkanes) is 1. The minimum Gasteiger partial charge on any atom is -0.480 e. The van der Waals surface area contributed by atoms with Crippen molar-refractivity contribution < 1.29 is 29.1 Å². The van der Waals surface area contributed by atoms with E-state index in [4.69, 9.17) is 20.5 Å². The summed E-state index contributed by atoms with van der Waals surface area (Å²) in [5.41, 5.74) is 9.83. The van der Waals surface area contributed by atoms with E-state index >= 15 is 0 Å². The molecule has 0 aromatic carbocycles. The number of aliphatic hydroxyl groups is 1. The van der Waals surface area contributed by atoms with Crippen molar-refractivity contribution in [2.24, 2.45) is 11.5 Å². The molecule has 3 amide bonds. The Hall–Kier alpha value is -2.77. The van der Waals surface area contributed by atoms with Crippen LogP contribution in [0.2, 0.25) is 0 Å². The van der Waals surface area contributed by atoms with Gasteiger partial charge in [0.05, 0.1) is 19.2 Å². The maximum atomic E-state index is 11.8. The van der Waals surface area contributed by atoms with Crippen molar-refractivity contribution in [1.82, 2.24) is 26.1 Å². The molecule has 13 heteroatoms. The lowest BCUT2D eigenvalue weighted by atomic mass is 10.1. The molecule has 1 heterocycles. The zero-order valence-corrected chi connectivity index (χ0v) is 16.0. The van der Waals surface area contributed by atoms with E-state index in [1.54, 1.807) is 7.05 Å². The number of nitrogens with two attached hydrogens (primary N) is 2. The quantitative estimate of drug-likeness (QED) is 0.205. The molecule has 1 unspecified atom stereocenters. The van der Waals surface area contributed by atoms with Gasteiger partial charge in [-0.15, -0.1) is 0 Å². The van der Waals surface area contributed by atoms with E-state index in [9.17, 15) is 14.4 Å². The number of aliphatic carboxylic acids is 1. The van der Waals surface area contributed by atoms with Gasteiger partial charge in [0.2, 0.25) is 11.8 Å². The summed E-state index contributed by atoms with van der Waals surface area (Å²) in [6, 6.07) is -2.10. The zero-order valence-electron chi connectivity index (χ0n) is 16.0. The Morgan fingerprint density at radius 3 is 2.43 bits per heavy atom.